The Morgan fingerprint density at radius 2 is 1.93 bits per heavy atom. The number of nitrogens with zero attached hydrogens (tertiary/aromatic N) is 3. The molecule has 1 fully saturated rings. The van der Waals surface area contributed by atoms with Crippen LogP contribution in [0.3, 0.4) is 0 Å². The lowest BCUT2D eigenvalue weighted by molar-refractivity contribution is -0.120. The fourth-order valence-corrected chi connectivity index (χ4v) is 4.20. The molecule has 1 unspecified atom stereocenters. The van der Waals surface area contributed by atoms with Crippen molar-refractivity contribution in [3.05, 3.63) is 71.0 Å². The van der Waals surface area contributed by atoms with Crippen LogP contribution in [0.2, 0.25) is 5.15 Å². The molecule has 0 saturated carbocycles. The number of nitrogens with one attached hydrogen (secondary N) is 1. The first kappa shape index (κ1) is 20.4. The SMILES string of the molecule is COc1ccc(NC(=O)C2CCCN2Cc2c(C)nn(-c3ccccc3)c2Cl)cc1. The molecule has 2 heterocycles. The number of amides is 1. The Labute approximate surface area is 181 Å². The standard InChI is InChI=1S/C23H25ClN4O2/c1-16-20(22(24)28(26-16)18-7-4-3-5-8-18)15-27-14-6-9-21(27)23(29)25-17-10-12-19(30-2)13-11-17/h3-5,7-8,10-13,21H,6,9,14-15H2,1-2H3,(H,25,29). The summed E-state index contributed by atoms with van der Waals surface area (Å²) in [6, 6.07) is 17.0. The molecule has 1 N–H and O–H groups in total. The Morgan fingerprint density at radius 3 is 2.63 bits per heavy atom. The second-order valence-corrected chi connectivity index (χ2v) is 7.81. The van der Waals surface area contributed by atoms with E-state index in [9.17, 15) is 4.79 Å². The van der Waals surface area contributed by atoms with Crippen molar-refractivity contribution in [3.8, 4) is 11.4 Å². The van der Waals surface area contributed by atoms with Crippen molar-refractivity contribution in [2.24, 2.45) is 0 Å². The number of para-hydroxylation sites is 1. The summed E-state index contributed by atoms with van der Waals surface area (Å²) in [7, 11) is 1.62. The quantitative estimate of drug-likeness (QED) is 0.635. The minimum atomic E-state index is -0.192. The van der Waals surface area contributed by atoms with Crippen LogP contribution in [-0.4, -0.2) is 40.3 Å². The summed E-state index contributed by atoms with van der Waals surface area (Å²) in [5.41, 5.74) is 3.53. The van der Waals surface area contributed by atoms with E-state index in [0.29, 0.717) is 11.7 Å². The van der Waals surface area contributed by atoms with E-state index >= 15 is 0 Å². The second kappa shape index (κ2) is 8.90. The molecule has 0 bridgehead atoms. The number of anilines is 1. The zero-order valence-corrected chi connectivity index (χ0v) is 17.9. The average molecular weight is 425 g/mol. The zero-order valence-electron chi connectivity index (χ0n) is 17.1. The van der Waals surface area contributed by atoms with Crippen LogP contribution < -0.4 is 10.1 Å². The third-order valence-electron chi connectivity index (χ3n) is 5.51. The van der Waals surface area contributed by atoms with Gasteiger partial charge >= 0.3 is 0 Å². The molecule has 1 amide bonds. The predicted molar refractivity (Wildman–Crippen MR) is 118 cm³/mol. The molecule has 7 heteroatoms. The van der Waals surface area contributed by atoms with Crippen molar-refractivity contribution >= 4 is 23.2 Å². The Bertz CT molecular complexity index is 1020. The van der Waals surface area contributed by atoms with Crippen LogP contribution in [-0.2, 0) is 11.3 Å². The van der Waals surface area contributed by atoms with Crippen LogP contribution in [0, 0.1) is 6.92 Å². The molecule has 156 valence electrons. The van der Waals surface area contributed by atoms with Gasteiger partial charge in [0.25, 0.3) is 0 Å². The van der Waals surface area contributed by atoms with Crippen molar-refractivity contribution < 1.29 is 9.53 Å². The molecule has 3 aromatic rings. The summed E-state index contributed by atoms with van der Waals surface area (Å²) in [5, 5.41) is 8.24. The molecule has 0 radical (unpaired) electrons. The molecule has 30 heavy (non-hydrogen) atoms. The van der Waals surface area contributed by atoms with E-state index in [1.165, 1.54) is 0 Å². The van der Waals surface area contributed by atoms with E-state index in [4.69, 9.17) is 16.3 Å². The number of rotatable bonds is 6. The number of aromatic nitrogens is 2. The van der Waals surface area contributed by atoms with Gasteiger partial charge in [0.15, 0.2) is 0 Å². The van der Waals surface area contributed by atoms with E-state index in [-0.39, 0.29) is 11.9 Å². The minimum absolute atomic E-state index is 0.00175. The van der Waals surface area contributed by atoms with Crippen molar-refractivity contribution in [2.75, 3.05) is 19.0 Å². The molecule has 1 saturated heterocycles. The number of hydrogen-bond donors (Lipinski definition) is 1. The van der Waals surface area contributed by atoms with Gasteiger partial charge in [0.05, 0.1) is 24.5 Å². The van der Waals surface area contributed by atoms with E-state index in [1.807, 2.05) is 61.5 Å². The lowest BCUT2D eigenvalue weighted by Crippen LogP contribution is -2.39. The first-order valence-corrected chi connectivity index (χ1v) is 10.4. The van der Waals surface area contributed by atoms with Crippen LogP contribution in [0.1, 0.15) is 24.1 Å². The first-order valence-electron chi connectivity index (χ1n) is 10.0. The second-order valence-electron chi connectivity index (χ2n) is 7.45. The van der Waals surface area contributed by atoms with Gasteiger partial charge in [-0.05, 0) is 62.7 Å². The largest absolute Gasteiger partial charge is 0.497 e. The third kappa shape index (κ3) is 4.20. The van der Waals surface area contributed by atoms with E-state index in [0.717, 1.165) is 47.8 Å². The topological polar surface area (TPSA) is 59.4 Å². The molecule has 2 aromatic carbocycles. The van der Waals surface area contributed by atoms with Gasteiger partial charge < -0.3 is 10.1 Å². The van der Waals surface area contributed by atoms with Crippen molar-refractivity contribution in [3.63, 3.8) is 0 Å². The maximum Gasteiger partial charge on any atom is 0.241 e. The van der Waals surface area contributed by atoms with Gasteiger partial charge in [-0.1, -0.05) is 29.8 Å². The Hall–Kier alpha value is -2.83. The maximum atomic E-state index is 12.9. The van der Waals surface area contributed by atoms with E-state index < -0.39 is 0 Å². The number of likely N-dealkylation sites (tertiary alicyclic amines) is 1. The monoisotopic (exact) mass is 424 g/mol. The summed E-state index contributed by atoms with van der Waals surface area (Å²) in [6.45, 7) is 3.41. The molecular weight excluding hydrogens is 400 g/mol. The molecule has 6 nitrogen and oxygen atoms in total. The summed E-state index contributed by atoms with van der Waals surface area (Å²) in [6.07, 6.45) is 1.80. The molecule has 1 atom stereocenters. The highest BCUT2D eigenvalue weighted by atomic mass is 35.5. The zero-order chi connectivity index (χ0) is 21.1. The van der Waals surface area contributed by atoms with Gasteiger partial charge in [0.2, 0.25) is 5.91 Å². The van der Waals surface area contributed by atoms with Gasteiger partial charge in [-0.2, -0.15) is 5.10 Å². The van der Waals surface area contributed by atoms with Crippen molar-refractivity contribution in [1.82, 2.24) is 14.7 Å². The van der Waals surface area contributed by atoms with Crippen LogP contribution in [0.5, 0.6) is 5.75 Å². The minimum Gasteiger partial charge on any atom is -0.497 e. The lowest BCUT2D eigenvalue weighted by Gasteiger charge is -2.23. The normalized spacial score (nSPS) is 16.6. The fourth-order valence-electron chi connectivity index (χ4n) is 3.87. The molecular formula is C23H25ClN4O2. The van der Waals surface area contributed by atoms with E-state index in [2.05, 4.69) is 15.3 Å². The number of carbonyl (C=O) groups is 1. The highest BCUT2D eigenvalue weighted by molar-refractivity contribution is 6.30. The fraction of sp³-hybridized carbons (Fsp3) is 0.304. The molecule has 1 aliphatic heterocycles. The van der Waals surface area contributed by atoms with Crippen LogP contribution in [0.25, 0.3) is 5.69 Å². The molecule has 0 aliphatic carbocycles. The highest BCUT2D eigenvalue weighted by Gasteiger charge is 2.32. The third-order valence-corrected chi connectivity index (χ3v) is 5.90. The van der Waals surface area contributed by atoms with Gasteiger partial charge in [0.1, 0.15) is 10.9 Å². The Balaban J connectivity index is 1.49. The van der Waals surface area contributed by atoms with Gasteiger partial charge in [-0.25, -0.2) is 4.68 Å². The number of halogens is 1. The number of methoxy groups -OCH3 is 1. The Kier molecular flexibility index (Phi) is 6.06. The van der Waals surface area contributed by atoms with Crippen LogP contribution in [0.4, 0.5) is 5.69 Å². The molecule has 4 rings (SSSR count). The van der Waals surface area contributed by atoms with Crippen molar-refractivity contribution in [1.29, 1.82) is 0 Å². The summed E-state index contributed by atoms with van der Waals surface area (Å²) in [4.78, 5) is 15.1. The van der Waals surface area contributed by atoms with Crippen LogP contribution >= 0.6 is 11.6 Å². The number of hydrogen-bond acceptors (Lipinski definition) is 4. The number of benzene rings is 2. The van der Waals surface area contributed by atoms with Gasteiger partial charge in [-0.15, -0.1) is 0 Å². The maximum absolute atomic E-state index is 12.9. The lowest BCUT2D eigenvalue weighted by atomic mass is 10.1. The summed E-state index contributed by atoms with van der Waals surface area (Å²) < 4.78 is 6.93. The molecule has 1 aliphatic rings. The average Bonchev–Trinajstić information content (AvgIpc) is 3.35. The molecule has 0 spiro atoms. The van der Waals surface area contributed by atoms with E-state index in [1.54, 1.807) is 11.8 Å². The van der Waals surface area contributed by atoms with Crippen LogP contribution in [0.15, 0.2) is 54.6 Å². The Morgan fingerprint density at radius 1 is 1.20 bits per heavy atom. The first-order chi connectivity index (χ1) is 14.6. The van der Waals surface area contributed by atoms with Gasteiger partial charge in [-0.3, -0.25) is 9.69 Å². The predicted octanol–water partition coefficient (Wildman–Crippen LogP) is 4.45. The number of aryl methyl sites for hydroxylation is 1. The summed E-state index contributed by atoms with van der Waals surface area (Å²) in [5.74, 6) is 0.762. The number of carbonyl (C=O) groups excluding carboxylic acids is 1. The summed E-state index contributed by atoms with van der Waals surface area (Å²) >= 11 is 6.69. The molecule has 1 aromatic heterocycles. The number of ether oxygens (including phenoxy) is 1. The van der Waals surface area contributed by atoms with Crippen molar-refractivity contribution in [2.45, 2.75) is 32.4 Å². The highest BCUT2D eigenvalue weighted by Crippen LogP contribution is 2.28. The van der Waals surface area contributed by atoms with Gasteiger partial charge in [0, 0.05) is 17.8 Å². The smallest absolute Gasteiger partial charge is 0.241 e.